The zero-order chi connectivity index (χ0) is 16.2. The van der Waals surface area contributed by atoms with Crippen molar-refractivity contribution in [1.29, 1.82) is 0 Å². The summed E-state index contributed by atoms with van der Waals surface area (Å²) in [5, 5.41) is 12.3. The summed E-state index contributed by atoms with van der Waals surface area (Å²) in [4.78, 5) is 6.92. The van der Waals surface area contributed by atoms with E-state index in [0.717, 1.165) is 29.2 Å². The van der Waals surface area contributed by atoms with Crippen LogP contribution < -0.4 is 10.2 Å². The number of hydrogen-bond donors (Lipinski definition) is 1. The Kier molecular flexibility index (Phi) is 4.96. The molecule has 122 valence electrons. The molecule has 1 fully saturated rings. The van der Waals surface area contributed by atoms with E-state index in [2.05, 4.69) is 32.3 Å². The maximum Gasteiger partial charge on any atom is 0.247 e. The predicted octanol–water partition coefficient (Wildman–Crippen LogP) is 4.35. The van der Waals surface area contributed by atoms with Crippen LogP contribution in [0.5, 0.6) is 0 Å². The Morgan fingerprint density at radius 2 is 2.22 bits per heavy atom. The second kappa shape index (κ2) is 7.13. The van der Waals surface area contributed by atoms with Gasteiger partial charge >= 0.3 is 0 Å². The van der Waals surface area contributed by atoms with E-state index in [4.69, 9.17) is 11.6 Å². The number of rotatable bonds is 4. The third-order valence-corrected chi connectivity index (χ3v) is 4.75. The first-order valence-electron chi connectivity index (χ1n) is 8.17. The van der Waals surface area contributed by atoms with Crippen LogP contribution in [0.1, 0.15) is 38.2 Å². The SMILES string of the molecule is CCC1CCCCN1c1nncc(Nc2ccc(C)c(Cl)c2)n1. The van der Waals surface area contributed by atoms with Crippen LogP contribution in [0, 0.1) is 6.92 Å². The van der Waals surface area contributed by atoms with Gasteiger partial charge in [0.2, 0.25) is 5.95 Å². The largest absolute Gasteiger partial charge is 0.339 e. The first-order chi connectivity index (χ1) is 11.2. The fraction of sp³-hybridized carbons (Fsp3) is 0.471. The van der Waals surface area contributed by atoms with E-state index in [0.29, 0.717) is 17.8 Å². The molecule has 1 saturated heterocycles. The molecule has 1 aliphatic rings. The summed E-state index contributed by atoms with van der Waals surface area (Å²) in [7, 11) is 0. The zero-order valence-corrected chi connectivity index (χ0v) is 14.3. The van der Waals surface area contributed by atoms with Crippen molar-refractivity contribution in [3.8, 4) is 0 Å². The quantitative estimate of drug-likeness (QED) is 0.902. The van der Waals surface area contributed by atoms with E-state index < -0.39 is 0 Å². The number of benzene rings is 1. The maximum absolute atomic E-state index is 6.17. The molecule has 2 aromatic rings. The van der Waals surface area contributed by atoms with Gasteiger partial charge in [0.25, 0.3) is 0 Å². The van der Waals surface area contributed by atoms with E-state index in [1.165, 1.54) is 19.3 Å². The second-order valence-corrected chi connectivity index (χ2v) is 6.39. The van der Waals surface area contributed by atoms with Crippen LogP contribution in [0.15, 0.2) is 24.4 Å². The number of nitrogens with one attached hydrogen (secondary N) is 1. The van der Waals surface area contributed by atoms with Gasteiger partial charge in [0, 0.05) is 23.3 Å². The van der Waals surface area contributed by atoms with Gasteiger partial charge in [0.15, 0.2) is 5.82 Å². The molecule has 1 N–H and O–H groups in total. The van der Waals surface area contributed by atoms with Gasteiger partial charge in [-0.1, -0.05) is 24.6 Å². The lowest BCUT2D eigenvalue weighted by atomic mass is 10.0. The third-order valence-electron chi connectivity index (χ3n) is 4.35. The number of piperidine rings is 1. The van der Waals surface area contributed by atoms with Crippen molar-refractivity contribution < 1.29 is 0 Å². The van der Waals surface area contributed by atoms with Crippen LogP contribution in [-0.4, -0.2) is 27.8 Å². The fourth-order valence-corrected chi connectivity index (χ4v) is 3.16. The Morgan fingerprint density at radius 3 is 3.00 bits per heavy atom. The van der Waals surface area contributed by atoms with Crippen LogP contribution in [0.4, 0.5) is 17.5 Å². The van der Waals surface area contributed by atoms with Gasteiger partial charge in [0.1, 0.15) is 0 Å². The lowest BCUT2D eigenvalue weighted by Gasteiger charge is -2.34. The highest BCUT2D eigenvalue weighted by molar-refractivity contribution is 6.31. The average Bonchev–Trinajstić information content (AvgIpc) is 2.58. The fourth-order valence-electron chi connectivity index (χ4n) is 2.98. The molecule has 0 radical (unpaired) electrons. The maximum atomic E-state index is 6.17. The second-order valence-electron chi connectivity index (χ2n) is 5.98. The Hall–Kier alpha value is -1.88. The van der Waals surface area contributed by atoms with Gasteiger partial charge in [0.05, 0.1) is 6.20 Å². The lowest BCUT2D eigenvalue weighted by molar-refractivity contribution is 0.442. The number of aromatic nitrogens is 3. The van der Waals surface area contributed by atoms with Gasteiger partial charge in [-0.2, -0.15) is 10.1 Å². The van der Waals surface area contributed by atoms with Gasteiger partial charge in [-0.15, -0.1) is 5.10 Å². The summed E-state index contributed by atoms with van der Waals surface area (Å²) in [5.41, 5.74) is 1.95. The molecule has 1 aliphatic heterocycles. The third kappa shape index (κ3) is 3.72. The van der Waals surface area contributed by atoms with Crippen molar-refractivity contribution in [2.24, 2.45) is 0 Å². The Labute approximate surface area is 142 Å². The standard InChI is InChI=1S/C17H22ClN5/c1-3-14-6-4-5-9-23(14)17-21-16(11-19-22-17)20-13-8-7-12(2)15(18)10-13/h7-8,10-11,14H,3-6,9H2,1-2H3,(H,20,21,22). The molecule has 0 spiro atoms. The summed E-state index contributed by atoms with van der Waals surface area (Å²) in [6.45, 7) is 5.20. The van der Waals surface area contributed by atoms with Crippen LogP contribution in [0.25, 0.3) is 0 Å². The lowest BCUT2D eigenvalue weighted by Crippen LogP contribution is -2.40. The van der Waals surface area contributed by atoms with Crippen LogP contribution in [0.3, 0.4) is 0 Å². The van der Waals surface area contributed by atoms with Gasteiger partial charge in [-0.3, -0.25) is 0 Å². The van der Waals surface area contributed by atoms with E-state index in [1.807, 2.05) is 25.1 Å². The number of nitrogens with zero attached hydrogens (tertiary/aromatic N) is 4. The molecule has 0 bridgehead atoms. The summed E-state index contributed by atoms with van der Waals surface area (Å²) in [6.07, 6.45) is 6.41. The highest BCUT2D eigenvalue weighted by atomic mass is 35.5. The molecular weight excluding hydrogens is 310 g/mol. The number of aryl methyl sites for hydroxylation is 1. The van der Waals surface area contributed by atoms with E-state index in [9.17, 15) is 0 Å². The van der Waals surface area contributed by atoms with Crippen molar-refractivity contribution in [3.05, 3.63) is 35.0 Å². The molecule has 6 heteroatoms. The van der Waals surface area contributed by atoms with E-state index in [-0.39, 0.29) is 0 Å². The van der Waals surface area contributed by atoms with Gasteiger partial charge in [-0.05, 0) is 50.3 Å². The van der Waals surface area contributed by atoms with Crippen LogP contribution in [-0.2, 0) is 0 Å². The van der Waals surface area contributed by atoms with Crippen LogP contribution in [0.2, 0.25) is 5.02 Å². The van der Waals surface area contributed by atoms with Crippen molar-refractivity contribution >= 4 is 29.1 Å². The molecule has 0 amide bonds. The number of halogens is 1. The highest BCUT2D eigenvalue weighted by Gasteiger charge is 2.23. The molecule has 0 saturated carbocycles. The topological polar surface area (TPSA) is 53.9 Å². The summed E-state index contributed by atoms with van der Waals surface area (Å²) in [6, 6.07) is 6.38. The molecule has 3 rings (SSSR count). The first-order valence-corrected chi connectivity index (χ1v) is 8.54. The smallest absolute Gasteiger partial charge is 0.247 e. The minimum atomic E-state index is 0.509. The Bertz CT molecular complexity index is 676. The van der Waals surface area contributed by atoms with Crippen LogP contribution >= 0.6 is 11.6 Å². The predicted molar refractivity (Wildman–Crippen MR) is 94.6 cm³/mol. The van der Waals surface area contributed by atoms with Crippen molar-refractivity contribution in [2.45, 2.75) is 45.6 Å². The van der Waals surface area contributed by atoms with Crippen molar-refractivity contribution in [3.63, 3.8) is 0 Å². The minimum Gasteiger partial charge on any atom is -0.339 e. The Balaban J connectivity index is 1.80. The van der Waals surface area contributed by atoms with Gasteiger partial charge < -0.3 is 10.2 Å². The molecule has 1 atom stereocenters. The van der Waals surface area contributed by atoms with Crippen molar-refractivity contribution in [2.75, 3.05) is 16.8 Å². The normalized spacial score (nSPS) is 18.0. The molecule has 1 aromatic heterocycles. The van der Waals surface area contributed by atoms with E-state index in [1.54, 1.807) is 6.20 Å². The molecule has 2 heterocycles. The molecular formula is C17H22ClN5. The zero-order valence-electron chi connectivity index (χ0n) is 13.6. The number of anilines is 3. The molecule has 1 unspecified atom stereocenters. The van der Waals surface area contributed by atoms with E-state index >= 15 is 0 Å². The molecule has 23 heavy (non-hydrogen) atoms. The molecule has 5 nitrogen and oxygen atoms in total. The summed E-state index contributed by atoms with van der Waals surface area (Å²) >= 11 is 6.17. The summed E-state index contributed by atoms with van der Waals surface area (Å²) < 4.78 is 0. The minimum absolute atomic E-state index is 0.509. The van der Waals surface area contributed by atoms with Crippen molar-refractivity contribution in [1.82, 2.24) is 15.2 Å². The Morgan fingerprint density at radius 1 is 1.35 bits per heavy atom. The average molecular weight is 332 g/mol. The number of hydrogen-bond acceptors (Lipinski definition) is 5. The first kappa shape index (κ1) is 16.0. The monoisotopic (exact) mass is 331 g/mol. The molecule has 0 aliphatic carbocycles. The summed E-state index contributed by atoms with van der Waals surface area (Å²) in [5.74, 6) is 1.40. The van der Waals surface area contributed by atoms with Gasteiger partial charge in [-0.25, -0.2) is 0 Å². The highest BCUT2D eigenvalue weighted by Crippen LogP contribution is 2.25. The molecule has 1 aromatic carbocycles.